The minimum Gasteiger partial charge on any atom is -0.341 e. The first-order valence-electron chi connectivity index (χ1n) is 4.70. The molecule has 3 heteroatoms. The van der Waals surface area contributed by atoms with Gasteiger partial charge in [-0.3, -0.25) is 4.79 Å². The lowest BCUT2D eigenvalue weighted by Gasteiger charge is -2.36. The highest BCUT2D eigenvalue weighted by Gasteiger charge is 2.27. The van der Waals surface area contributed by atoms with Gasteiger partial charge in [0, 0.05) is 13.1 Å². The Bertz CT molecular complexity index is 182. The number of carbonyl (C=O) groups excluding carboxylic acids is 1. The zero-order valence-electron chi connectivity index (χ0n) is 9.59. The number of nitrogens with two attached hydrogens (primary N) is 1. The van der Waals surface area contributed by atoms with Gasteiger partial charge in [-0.25, -0.2) is 0 Å². The van der Waals surface area contributed by atoms with E-state index in [-0.39, 0.29) is 17.4 Å². The normalized spacial score (nSPS) is 16.5. The molecular formula is C10H22N2O. The molecule has 0 aliphatic heterocycles. The topological polar surface area (TPSA) is 46.3 Å². The molecule has 2 N–H and O–H groups in total. The Morgan fingerprint density at radius 3 is 1.92 bits per heavy atom. The van der Waals surface area contributed by atoms with Crippen LogP contribution in [0.15, 0.2) is 0 Å². The lowest BCUT2D eigenvalue weighted by atomic mass is 9.87. The zero-order chi connectivity index (χ0) is 10.8. The number of rotatable bonds is 2. The zero-order valence-corrected chi connectivity index (χ0v) is 9.59. The fraction of sp³-hybridized carbons (Fsp3) is 0.900. The fourth-order valence-corrected chi connectivity index (χ4v) is 1.09. The molecule has 0 heterocycles. The molecule has 0 rings (SSSR count). The first kappa shape index (κ1) is 12.4. The van der Waals surface area contributed by atoms with Crippen LogP contribution in [0.5, 0.6) is 0 Å². The van der Waals surface area contributed by atoms with Gasteiger partial charge < -0.3 is 10.6 Å². The van der Waals surface area contributed by atoms with Gasteiger partial charge in [0.15, 0.2) is 0 Å². The molecular weight excluding hydrogens is 164 g/mol. The summed E-state index contributed by atoms with van der Waals surface area (Å²) in [4.78, 5) is 13.3. The predicted octanol–water partition coefficient (Wildman–Crippen LogP) is 1.23. The summed E-state index contributed by atoms with van der Waals surface area (Å²) >= 11 is 0. The standard InChI is InChI=1S/C10H22N2O/c1-7(11)9(13)12(6)8(2)10(3,4)5/h7-8H,11H2,1-6H3/t7-,8?/m0/s1. The molecule has 0 aromatic heterocycles. The Balaban J connectivity index is 4.43. The predicted molar refractivity (Wildman–Crippen MR) is 55.3 cm³/mol. The van der Waals surface area contributed by atoms with Gasteiger partial charge in [0.05, 0.1) is 6.04 Å². The van der Waals surface area contributed by atoms with Crippen molar-refractivity contribution in [3.05, 3.63) is 0 Å². The van der Waals surface area contributed by atoms with Crippen molar-refractivity contribution in [2.24, 2.45) is 11.1 Å². The highest BCUT2D eigenvalue weighted by molar-refractivity contribution is 5.81. The third-order valence-electron chi connectivity index (χ3n) is 2.57. The van der Waals surface area contributed by atoms with Crippen LogP contribution in [0.1, 0.15) is 34.6 Å². The van der Waals surface area contributed by atoms with E-state index in [1.54, 1.807) is 11.8 Å². The molecule has 0 radical (unpaired) electrons. The maximum Gasteiger partial charge on any atom is 0.239 e. The molecule has 0 aromatic carbocycles. The molecule has 1 amide bonds. The van der Waals surface area contributed by atoms with E-state index in [0.29, 0.717) is 0 Å². The third-order valence-corrected chi connectivity index (χ3v) is 2.57. The van der Waals surface area contributed by atoms with Gasteiger partial charge >= 0.3 is 0 Å². The number of hydrogen-bond acceptors (Lipinski definition) is 2. The molecule has 0 saturated heterocycles. The van der Waals surface area contributed by atoms with E-state index < -0.39 is 6.04 Å². The minimum absolute atomic E-state index is 0.00225. The van der Waals surface area contributed by atoms with Crippen molar-refractivity contribution in [3.63, 3.8) is 0 Å². The van der Waals surface area contributed by atoms with E-state index in [4.69, 9.17) is 5.73 Å². The average Bonchev–Trinajstić information content (AvgIpc) is 1.98. The van der Waals surface area contributed by atoms with Gasteiger partial charge in [-0.15, -0.1) is 0 Å². The van der Waals surface area contributed by atoms with E-state index in [0.717, 1.165) is 0 Å². The molecule has 13 heavy (non-hydrogen) atoms. The number of hydrogen-bond donors (Lipinski definition) is 1. The van der Waals surface area contributed by atoms with Crippen molar-refractivity contribution in [1.82, 2.24) is 4.90 Å². The summed E-state index contributed by atoms with van der Waals surface area (Å²) in [6.07, 6.45) is 0. The molecule has 78 valence electrons. The second-order valence-corrected chi connectivity index (χ2v) is 4.78. The number of carbonyl (C=O) groups is 1. The van der Waals surface area contributed by atoms with Crippen LogP contribution in [0.3, 0.4) is 0 Å². The summed E-state index contributed by atoms with van der Waals surface area (Å²) in [6, 6.07) is -0.208. The summed E-state index contributed by atoms with van der Waals surface area (Å²) in [5.41, 5.74) is 5.62. The van der Waals surface area contributed by atoms with Crippen molar-refractivity contribution >= 4 is 5.91 Å². The van der Waals surface area contributed by atoms with Gasteiger partial charge in [-0.1, -0.05) is 20.8 Å². The average molecular weight is 186 g/mol. The van der Waals surface area contributed by atoms with Gasteiger partial charge in [0.1, 0.15) is 0 Å². The Labute approximate surface area is 81.3 Å². The second kappa shape index (κ2) is 4.09. The smallest absolute Gasteiger partial charge is 0.239 e. The minimum atomic E-state index is -0.408. The molecule has 1 unspecified atom stereocenters. The van der Waals surface area contributed by atoms with Crippen molar-refractivity contribution in [1.29, 1.82) is 0 Å². The Hall–Kier alpha value is -0.570. The van der Waals surface area contributed by atoms with E-state index in [1.807, 2.05) is 14.0 Å². The van der Waals surface area contributed by atoms with Crippen molar-refractivity contribution in [3.8, 4) is 0 Å². The maximum atomic E-state index is 11.5. The summed E-state index contributed by atoms with van der Waals surface area (Å²) in [7, 11) is 1.81. The largest absolute Gasteiger partial charge is 0.341 e. The van der Waals surface area contributed by atoms with Crippen LogP contribution >= 0.6 is 0 Å². The van der Waals surface area contributed by atoms with Crippen LogP contribution < -0.4 is 5.73 Å². The first-order valence-corrected chi connectivity index (χ1v) is 4.70. The molecule has 0 saturated carbocycles. The van der Waals surface area contributed by atoms with Crippen LogP contribution in [0, 0.1) is 5.41 Å². The number of nitrogens with zero attached hydrogens (tertiary/aromatic N) is 1. The van der Waals surface area contributed by atoms with Crippen LogP contribution in [-0.2, 0) is 4.79 Å². The maximum absolute atomic E-state index is 11.5. The van der Waals surface area contributed by atoms with E-state index in [1.165, 1.54) is 0 Å². The molecule has 3 nitrogen and oxygen atoms in total. The van der Waals surface area contributed by atoms with Crippen LogP contribution in [0.2, 0.25) is 0 Å². The summed E-state index contributed by atoms with van der Waals surface area (Å²) in [6.45, 7) is 10.1. The van der Waals surface area contributed by atoms with Gasteiger partial charge in [-0.05, 0) is 19.3 Å². The number of likely N-dealkylation sites (N-methyl/N-ethyl adjacent to an activating group) is 1. The van der Waals surface area contributed by atoms with Crippen LogP contribution in [0.25, 0.3) is 0 Å². The summed E-state index contributed by atoms with van der Waals surface area (Å²) < 4.78 is 0. The first-order chi connectivity index (χ1) is 5.68. The second-order valence-electron chi connectivity index (χ2n) is 4.78. The fourth-order valence-electron chi connectivity index (χ4n) is 1.09. The SMILES string of the molecule is CC(N(C)C(=O)[C@H](C)N)C(C)(C)C. The summed E-state index contributed by atoms with van der Waals surface area (Å²) in [5, 5.41) is 0. The van der Waals surface area contributed by atoms with Crippen LogP contribution in [-0.4, -0.2) is 29.9 Å². The van der Waals surface area contributed by atoms with Crippen molar-refractivity contribution in [2.75, 3.05) is 7.05 Å². The third kappa shape index (κ3) is 3.35. The lowest BCUT2D eigenvalue weighted by molar-refractivity contribution is -0.134. The summed E-state index contributed by atoms with van der Waals surface area (Å²) in [5.74, 6) is 0.00225. The Morgan fingerprint density at radius 1 is 1.31 bits per heavy atom. The van der Waals surface area contributed by atoms with E-state index in [2.05, 4.69) is 20.8 Å². The quantitative estimate of drug-likeness (QED) is 0.705. The van der Waals surface area contributed by atoms with E-state index in [9.17, 15) is 4.79 Å². The highest BCUT2D eigenvalue weighted by Crippen LogP contribution is 2.23. The molecule has 0 spiro atoms. The van der Waals surface area contributed by atoms with Crippen molar-refractivity contribution in [2.45, 2.75) is 46.7 Å². The van der Waals surface area contributed by atoms with Gasteiger partial charge in [0.25, 0.3) is 0 Å². The Kier molecular flexibility index (Phi) is 3.91. The molecule has 0 aliphatic rings. The molecule has 0 fully saturated rings. The lowest BCUT2D eigenvalue weighted by Crippen LogP contribution is -2.48. The van der Waals surface area contributed by atoms with Crippen molar-refractivity contribution < 1.29 is 4.79 Å². The van der Waals surface area contributed by atoms with Gasteiger partial charge in [-0.2, -0.15) is 0 Å². The van der Waals surface area contributed by atoms with Crippen LogP contribution in [0.4, 0.5) is 0 Å². The monoisotopic (exact) mass is 186 g/mol. The molecule has 0 aromatic rings. The molecule has 0 bridgehead atoms. The molecule has 0 aliphatic carbocycles. The van der Waals surface area contributed by atoms with E-state index >= 15 is 0 Å². The Morgan fingerprint density at radius 2 is 1.69 bits per heavy atom. The number of amides is 1. The highest BCUT2D eigenvalue weighted by atomic mass is 16.2. The molecule has 2 atom stereocenters. The van der Waals surface area contributed by atoms with Gasteiger partial charge in [0.2, 0.25) is 5.91 Å².